The molecule has 0 spiro atoms. The van der Waals surface area contributed by atoms with E-state index in [4.69, 9.17) is 5.84 Å². The van der Waals surface area contributed by atoms with Gasteiger partial charge in [-0.2, -0.15) is 0 Å². The Hall–Kier alpha value is -1.13. The summed E-state index contributed by atoms with van der Waals surface area (Å²) in [5.74, 6) is 6.46. The van der Waals surface area contributed by atoms with Crippen LogP contribution >= 0.6 is 0 Å². The summed E-state index contributed by atoms with van der Waals surface area (Å²) in [6, 6.07) is 4.04. The lowest BCUT2D eigenvalue weighted by atomic mass is 10.1. The van der Waals surface area contributed by atoms with Crippen LogP contribution in [-0.4, -0.2) is 18.1 Å². The molecule has 82 valence electrons. The molecule has 1 aromatic rings. The monoisotopic (exact) mass is 206 g/mol. The van der Waals surface area contributed by atoms with E-state index >= 15 is 0 Å². The fourth-order valence-electron chi connectivity index (χ4n) is 2.07. The smallest absolute Gasteiger partial charge is 0.133 e. The normalized spacial score (nSPS) is 16.7. The van der Waals surface area contributed by atoms with Crippen molar-refractivity contribution < 1.29 is 0 Å². The summed E-state index contributed by atoms with van der Waals surface area (Å²) >= 11 is 0. The number of anilines is 1. The molecule has 0 aromatic carbocycles. The molecule has 1 aromatic heterocycles. The average Bonchev–Trinajstić information content (AvgIpc) is 2.31. The number of piperidine rings is 1. The van der Waals surface area contributed by atoms with E-state index in [1.165, 1.54) is 24.8 Å². The summed E-state index contributed by atoms with van der Waals surface area (Å²) in [4.78, 5) is 6.81. The van der Waals surface area contributed by atoms with Crippen LogP contribution in [0.5, 0.6) is 0 Å². The van der Waals surface area contributed by atoms with Gasteiger partial charge < -0.3 is 4.90 Å². The standard InChI is InChI=1S/C11H18N4/c12-14-9-10-5-4-6-13-11(10)15-7-2-1-3-8-15/h4-6,14H,1-3,7-9,12H2. The van der Waals surface area contributed by atoms with Crippen molar-refractivity contribution in [2.75, 3.05) is 18.0 Å². The zero-order valence-electron chi connectivity index (χ0n) is 8.95. The fourth-order valence-corrected chi connectivity index (χ4v) is 2.07. The second-order valence-corrected chi connectivity index (χ2v) is 3.91. The number of nitrogens with two attached hydrogens (primary N) is 1. The largest absolute Gasteiger partial charge is 0.356 e. The maximum atomic E-state index is 5.36. The van der Waals surface area contributed by atoms with Gasteiger partial charge in [-0.1, -0.05) is 6.07 Å². The van der Waals surface area contributed by atoms with Gasteiger partial charge in [0.15, 0.2) is 0 Å². The Balaban J connectivity index is 2.17. The molecular weight excluding hydrogens is 188 g/mol. The Morgan fingerprint density at radius 2 is 2.13 bits per heavy atom. The maximum Gasteiger partial charge on any atom is 0.133 e. The summed E-state index contributed by atoms with van der Waals surface area (Å²) in [5.41, 5.74) is 3.88. The van der Waals surface area contributed by atoms with Crippen molar-refractivity contribution in [3.8, 4) is 0 Å². The Kier molecular flexibility index (Phi) is 3.53. The third kappa shape index (κ3) is 2.46. The van der Waals surface area contributed by atoms with Crippen molar-refractivity contribution in [3.63, 3.8) is 0 Å². The summed E-state index contributed by atoms with van der Waals surface area (Å²) in [6.45, 7) is 2.92. The molecular formula is C11H18N4. The highest BCUT2D eigenvalue weighted by atomic mass is 15.2. The number of nitrogens with zero attached hydrogens (tertiary/aromatic N) is 2. The van der Waals surface area contributed by atoms with E-state index in [1.54, 1.807) is 0 Å². The van der Waals surface area contributed by atoms with Crippen LogP contribution in [0.1, 0.15) is 24.8 Å². The van der Waals surface area contributed by atoms with Gasteiger partial charge in [0.05, 0.1) is 0 Å². The zero-order chi connectivity index (χ0) is 10.5. The van der Waals surface area contributed by atoms with Crippen molar-refractivity contribution in [1.82, 2.24) is 10.4 Å². The second kappa shape index (κ2) is 5.09. The number of pyridine rings is 1. The SMILES string of the molecule is NNCc1cccnc1N1CCCCC1. The number of hydrogen-bond acceptors (Lipinski definition) is 4. The first kappa shape index (κ1) is 10.4. The Morgan fingerprint density at radius 1 is 1.33 bits per heavy atom. The molecule has 3 N–H and O–H groups in total. The topological polar surface area (TPSA) is 54.2 Å². The second-order valence-electron chi connectivity index (χ2n) is 3.91. The lowest BCUT2D eigenvalue weighted by molar-refractivity contribution is 0.570. The van der Waals surface area contributed by atoms with Crippen LogP contribution < -0.4 is 16.2 Å². The quantitative estimate of drug-likeness (QED) is 0.573. The van der Waals surface area contributed by atoms with E-state index in [1.807, 2.05) is 12.3 Å². The van der Waals surface area contributed by atoms with E-state index in [-0.39, 0.29) is 0 Å². The van der Waals surface area contributed by atoms with E-state index in [0.717, 1.165) is 18.9 Å². The molecule has 0 aliphatic carbocycles. The Labute approximate surface area is 90.5 Å². The first-order valence-electron chi connectivity index (χ1n) is 5.54. The minimum Gasteiger partial charge on any atom is -0.356 e. The van der Waals surface area contributed by atoms with Gasteiger partial charge in [-0.15, -0.1) is 0 Å². The van der Waals surface area contributed by atoms with Crippen molar-refractivity contribution >= 4 is 5.82 Å². The van der Waals surface area contributed by atoms with E-state index in [9.17, 15) is 0 Å². The van der Waals surface area contributed by atoms with Crippen LogP contribution in [0.3, 0.4) is 0 Å². The third-order valence-corrected chi connectivity index (χ3v) is 2.82. The molecule has 0 amide bonds. The van der Waals surface area contributed by atoms with Gasteiger partial charge in [-0.3, -0.25) is 11.3 Å². The molecule has 0 atom stereocenters. The molecule has 0 bridgehead atoms. The van der Waals surface area contributed by atoms with Crippen LogP contribution in [-0.2, 0) is 6.54 Å². The molecule has 0 radical (unpaired) electrons. The van der Waals surface area contributed by atoms with Gasteiger partial charge in [-0.05, 0) is 25.3 Å². The lowest BCUT2D eigenvalue weighted by Crippen LogP contribution is -2.32. The summed E-state index contributed by atoms with van der Waals surface area (Å²) in [5, 5.41) is 0. The molecule has 4 nitrogen and oxygen atoms in total. The zero-order valence-corrected chi connectivity index (χ0v) is 8.95. The highest BCUT2D eigenvalue weighted by Crippen LogP contribution is 2.21. The average molecular weight is 206 g/mol. The molecule has 1 fully saturated rings. The predicted molar refractivity (Wildman–Crippen MR) is 61.3 cm³/mol. The van der Waals surface area contributed by atoms with E-state index < -0.39 is 0 Å². The highest BCUT2D eigenvalue weighted by molar-refractivity contribution is 5.46. The molecule has 15 heavy (non-hydrogen) atoms. The first-order chi connectivity index (χ1) is 7.42. The third-order valence-electron chi connectivity index (χ3n) is 2.82. The van der Waals surface area contributed by atoms with E-state index in [2.05, 4.69) is 21.4 Å². The van der Waals surface area contributed by atoms with Crippen molar-refractivity contribution in [2.45, 2.75) is 25.8 Å². The lowest BCUT2D eigenvalue weighted by Gasteiger charge is -2.29. The number of hydrazine groups is 1. The maximum absolute atomic E-state index is 5.36. The highest BCUT2D eigenvalue weighted by Gasteiger charge is 2.14. The number of hydrogen-bond donors (Lipinski definition) is 2. The van der Waals surface area contributed by atoms with Crippen LogP contribution in [0, 0.1) is 0 Å². The van der Waals surface area contributed by atoms with Crippen LogP contribution in [0.4, 0.5) is 5.82 Å². The molecule has 0 saturated carbocycles. The van der Waals surface area contributed by atoms with Gasteiger partial charge in [0.2, 0.25) is 0 Å². The van der Waals surface area contributed by atoms with E-state index in [0.29, 0.717) is 6.54 Å². The molecule has 2 heterocycles. The van der Waals surface area contributed by atoms with Crippen LogP contribution in [0.2, 0.25) is 0 Å². The number of aromatic nitrogens is 1. The molecule has 2 rings (SSSR count). The van der Waals surface area contributed by atoms with Gasteiger partial charge in [0.1, 0.15) is 5.82 Å². The van der Waals surface area contributed by atoms with Crippen molar-refractivity contribution in [3.05, 3.63) is 23.9 Å². The van der Waals surface area contributed by atoms with Gasteiger partial charge >= 0.3 is 0 Å². The summed E-state index contributed by atoms with van der Waals surface area (Å²) < 4.78 is 0. The molecule has 0 unspecified atom stereocenters. The van der Waals surface area contributed by atoms with Gasteiger partial charge in [0, 0.05) is 31.4 Å². The summed E-state index contributed by atoms with van der Waals surface area (Å²) in [7, 11) is 0. The summed E-state index contributed by atoms with van der Waals surface area (Å²) in [6.07, 6.45) is 5.73. The number of rotatable bonds is 3. The van der Waals surface area contributed by atoms with Crippen LogP contribution in [0.15, 0.2) is 18.3 Å². The fraction of sp³-hybridized carbons (Fsp3) is 0.545. The first-order valence-corrected chi connectivity index (χ1v) is 5.54. The predicted octanol–water partition coefficient (Wildman–Crippen LogP) is 1.04. The molecule has 1 aliphatic rings. The minimum absolute atomic E-state index is 0.680. The molecule has 1 saturated heterocycles. The number of nitrogens with one attached hydrogen (secondary N) is 1. The Bertz CT molecular complexity index is 307. The van der Waals surface area contributed by atoms with Crippen molar-refractivity contribution in [2.24, 2.45) is 5.84 Å². The van der Waals surface area contributed by atoms with Crippen LogP contribution in [0.25, 0.3) is 0 Å². The van der Waals surface area contributed by atoms with Gasteiger partial charge in [0.25, 0.3) is 0 Å². The molecule has 4 heteroatoms. The van der Waals surface area contributed by atoms with Crippen molar-refractivity contribution in [1.29, 1.82) is 0 Å². The van der Waals surface area contributed by atoms with Gasteiger partial charge in [-0.25, -0.2) is 4.98 Å². The Morgan fingerprint density at radius 3 is 2.87 bits per heavy atom. The molecule has 1 aliphatic heterocycles. The minimum atomic E-state index is 0.680.